The number of carbonyl (C=O) groups excluding carboxylic acids is 1. The largest absolute Gasteiger partial charge is 0.368 e. The molecule has 0 bridgehead atoms. The predicted molar refractivity (Wildman–Crippen MR) is 59.9 cm³/mol. The van der Waals surface area contributed by atoms with Crippen molar-refractivity contribution in [2.45, 2.75) is 19.0 Å². The highest BCUT2D eigenvalue weighted by atomic mass is 79.9. The van der Waals surface area contributed by atoms with E-state index in [1.807, 2.05) is 6.07 Å². The Morgan fingerprint density at radius 1 is 1.73 bits per heavy atom. The molecule has 1 unspecified atom stereocenters. The van der Waals surface area contributed by atoms with E-state index < -0.39 is 0 Å². The van der Waals surface area contributed by atoms with Crippen molar-refractivity contribution in [3.63, 3.8) is 0 Å². The highest BCUT2D eigenvalue weighted by Crippen LogP contribution is 2.23. The van der Waals surface area contributed by atoms with Crippen molar-refractivity contribution < 1.29 is 4.79 Å². The summed E-state index contributed by atoms with van der Waals surface area (Å²) >= 11 is 3.43. The van der Waals surface area contributed by atoms with E-state index in [1.54, 1.807) is 12.4 Å². The van der Waals surface area contributed by atoms with Crippen LogP contribution >= 0.6 is 15.9 Å². The molecule has 0 spiro atoms. The number of nitrogens with zero attached hydrogens (tertiary/aromatic N) is 2. The molecule has 1 amide bonds. The summed E-state index contributed by atoms with van der Waals surface area (Å²) in [6, 6.07) is 1.85. The van der Waals surface area contributed by atoms with Crippen LogP contribution in [0.3, 0.4) is 0 Å². The fraction of sp³-hybridized carbons (Fsp3) is 0.400. The summed E-state index contributed by atoms with van der Waals surface area (Å²) in [5.74, 6) is -0.230. The zero-order valence-corrected chi connectivity index (χ0v) is 9.77. The average molecular weight is 270 g/mol. The quantitative estimate of drug-likeness (QED) is 0.887. The molecular formula is C10H12BrN3O. The van der Waals surface area contributed by atoms with Gasteiger partial charge in [-0.1, -0.05) is 0 Å². The van der Waals surface area contributed by atoms with Gasteiger partial charge in [-0.05, 0) is 34.0 Å². The molecule has 1 saturated heterocycles. The molecule has 2 heterocycles. The van der Waals surface area contributed by atoms with Crippen LogP contribution in [-0.4, -0.2) is 28.4 Å². The number of nitrogens with two attached hydrogens (primary N) is 1. The second-order valence-electron chi connectivity index (χ2n) is 3.64. The van der Waals surface area contributed by atoms with E-state index in [0.717, 1.165) is 29.5 Å². The number of primary amides is 1. The number of hydrogen-bond donors (Lipinski definition) is 1. The van der Waals surface area contributed by atoms with Crippen LogP contribution in [0.5, 0.6) is 0 Å². The third-order valence-electron chi connectivity index (χ3n) is 2.69. The zero-order chi connectivity index (χ0) is 10.8. The summed E-state index contributed by atoms with van der Waals surface area (Å²) in [7, 11) is 0. The molecule has 1 aromatic heterocycles. The number of halogens is 1. The van der Waals surface area contributed by atoms with Crippen molar-refractivity contribution in [2.24, 2.45) is 5.73 Å². The number of carbonyl (C=O) groups is 1. The van der Waals surface area contributed by atoms with Crippen LogP contribution in [0, 0.1) is 0 Å². The maximum atomic E-state index is 11.0. The Kier molecular flexibility index (Phi) is 3.02. The number of pyridine rings is 1. The van der Waals surface area contributed by atoms with Crippen LogP contribution in [0.4, 0.5) is 0 Å². The summed E-state index contributed by atoms with van der Waals surface area (Å²) in [5.41, 5.74) is 6.41. The van der Waals surface area contributed by atoms with Crippen molar-refractivity contribution in [3.05, 3.63) is 28.5 Å². The van der Waals surface area contributed by atoms with Gasteiger partial charge in [0.2, 0.25) is 5.91 Å². The predicted octanol–water partition coefficient (Wildman–Crippen LogP) is 0.904. The lowest BCUT2D eigenvalue weighted by Gasteiger charge is -2.38. The molecule has 1 aromatic rings. The summed E-state index contributed by atoms with van der Waals surface area (Å²) in [5, 5.41) is 0. The van der Waals surface area contributed by atoms with Crippen LogP contribution in [0.15, 0.2) is 22.9 Å². The van der Waals surface area contributed by atoms with E-state index in [4.69, 9.17) is 5.73 Å². The lowest BCUT2D eigenvalue weighted by atomic mass is 10.0. The van der Waals surface area contributed by atoms with Crippen LogP contribution in [0.25, 0.3) is 0 Å². The number of rotatable bonds is 3. The summed E-state index contributed by atoms with van der Waals surface area (Å²) in [4.78, 5) is 17.1. The summed E-state index contributed by atoms with van der Waals surface area (Å²) in [6.45, 7) is 1.68. The summed E-state index contributed by atoms with van der Waals surface area (Å²) in [6.07, 6.45) is 4.38. The van der Waals surface area contributed by atoms with Gasteiger partial charge in [-0.2, -0.15) is 0 Å². The number of likely N-dealkylation sites (tertiary alicyclic amines) is 1. The molecule has 1 fully saturated rings. The Bertz CT molecular complexity index is 383. The van der Waals surface area contributed by atoms with Gasteiger partial charge in [0.1, 0.15) is 0 Å². The van der Waals surface area contributed by atoms with Crippen LogP contribution < -0.4 is 5.73 Å². The molecule has 15 heavy (non-hydrogen) atoms. The third-order valence-corrected chi connectivity index (χ3v) is 3.40. The Labute approximate surface area is 96.6 Å². The maximum Gasteiger partial charge on any atom is 0.234 e. The van der Waals surface area contributed by atoms with Gasteiger partial charge in [0.25, 0.3) is 0 Å². The van der Waals surface area contributed by atoms with Gasteiger partial charge in [0, 0.05) is 30.0 Å². The van der Waals surface area contributed by atoms with Crippen LogP contribution in [-0.2, 0) is 11.3 Å². The zero-order valence-electron chi connectivity index (χ0n) is 8.19. The first-order valence-electron chi connectivity index (χ1n) is 4.80. The highest BCUT2D eigenvalue weighted by Gasteiger charge is 2.32. The summed E-state index contributed by atoms with van der Waals surface area (Å²) < 4.78 is 0.972. The van der Waals surface area contributed by atoms with Crippen LogP contribution in [0.2, 0.25) is 0 Å². The molecule has 80 valence electrons. The van der Waals surface area contributed by atoms with Crippen molar-refractivity contribution in [2.75, 3.05) is 6.54 Å². The second-order valence-corrected chi connectivity index (χ2v) is 4.50. The van der Waals surface area contributed by atoms with E-state index in [-0.39, 0.29) is 11.9 Å². The molecule has 4 nitrogen and oxygen atoms in total. The fourth-order valence-electron chi connectivity index (χ4n) is 1.70. The Balaban J connectivity index is 2.04. The van der Waals surface area contributed by atoms with Crippen molar-refractivity contribution in [1.82, 2.24) is 9.88 Å². The topological polar surface area (TPSA) is 59.2 Å². The lowest BCUT2D eigenvalue weighted by Crippen LogP contribution is -2.54. The van der Waals surface area contributed by atoms with Gasteiger partial charge in [-0.25, -0.2) is 0 Å². The molecule has 2 N–H and O–H groups in total. The lowest BCUT2D eigenvalue weighted by molar-refractivity contribution is -0.127. The van der Waals surface area contributed by atoms with E-state index in [9.17, 15) is 4.79 Å². The molecule has 2 rings (SSSR count). The van der Waals surface area contributed by atoms with E-state index in [0.29, 0.717) is 0 Å². The van der Waals surface area contributed by atoms with Gasteiger partial charge >= 0.3 is 0 Å². The van der Waals surface area contributed by atoms with Gasteiger partial charge in [0.15, 0.2) is 0 Å². The van der Waals surface area contributed by atoms with Crippen molar-refractivity contribution >= 4 is 21.8 Å². The highest BCUT2D eigenvalue weighted by molar-refractivity contribution is 9.10. The minimum Gasteiger partial charge on any atom is -0.368 e. The Morgan fingerprint density at radius 2 is 2.53 bits per heavy atom. The molecule has 0 saturated carbocycles. The first kappa shape index (κ1) is 10.6. The third kappa shape index (κ3) is 2.18. The Hall–Kier alpha value is -0.940. The SMILES string of the molecule is NC(=O)C1CCN1Cc1ccncc1Br. The molecule has 1 aliphatic heterocycles. The van der Waals surface area contributed by atoms with Gasteiger partial charge in [-0.3, -0.25) is 14.7 Å². The van der Waals surface area contributed by atoms with Gasteiger partial charge < -0.3 is 5.73 Å². The number of amides is 1. The molecule has 1 atom stereocenters. The van der Waals surface area contributed by atoms with E-state index in [2.05, 4.69) is 25.8 Å². The standard InChI is InChI=1S/C10H12BrN3O/c11-8-5-13-3-1-7(8)6-14-4-2-9(14)10(12)15/h1,3,5,9H,2,4,6H2,(H2,12,15). The molecule has 0 aliphatic carbocycles. The maximum absolute atomic E-state index is 11.0. The number of aromatic nitrogens is 1. The second kappa shape index (κ2) is 4.28. The van der Waals surface area contributed by atoms with Gasteiger partial charge in [-0.15, -0.1) is 0 Å². The fourth-order valence-corrected chi connectivity index (χ4v) is 2.08. The van der Waals surface area contributed by atoms with Crippen molar-refractivity contribution in [1.29, 1.82) is 0 Å². The molecular weight excluding hydrogens is 258 g/mol. The van der Waals surface area contributed by atoms with Gasteiger partial charge in [0.05, 0.1) is 6.04 Å². The molecule has 0 aromatic carbocycles. The molecule has 5 heteroatoms. The monoisotopic (exact) mass is 269 g/mol. The number of hydrogen-bond acceptors (Lipinski definition) is 3. The average Bonchev–Trinajstić information content (AvgIpc) is 2.13. The Morgan fingerprint density at radius 3 is 3.07 bits per heavy atom. The minimum absolute atomic E-state index is 0.0925. The minimum atomic E-state index is -0.230. The first-order chi connectivity index (χ1) is 7.18. The first-order valence-corrected chi connectivity index (χ1v) is 5.59. The van der Waals surface area contributed by atoms with E-state index in [1.165, 1.54) is 0 Å². The van der Waals surface area contributed by atoms with Crippen LogP contribution in [0.1, 0.15) is 12.0 Å². The smallest absolute Gasteiger partial charge is 0.234 e. The molecule has 1 aliphatic rings. The normalized spacial score (nSPS) is 21.0. The van der Waals surface area contributed by atoms with Crippen molar-refractivity contribution in [3.8, 4) is 0 Å². The van der Waals surface area contributed by atoms with E-state index >= 15 is 0 Å². The molecule has 0 radical (unpaired) electrons.